The number of piperidine rings is 1. The van der Waals surface area contributed by atoms with Gasteiger partial charge in [0.25, 0.3) is 5.91 Å². The molecule has 2 atom stereocenters. The van der Waals surface area contributed by atoms with E-state index in [0.717, 1.165) is 12.5 Å². The van der Waals surface area contributed by atoms with Crippen LogP contribution in [0, 0.1) is 24.2 Å². The first-order chi connectivity index (χ1) is 12.9. The summed E-state index contributed by atoms with van der Waals surface area (Å²) >= 11 is 0. The van der Waals surface area contributed by atoms with Gasteiger partial charge in [-0.3, -0.25) is 4.79 Å². The molecule has 9 heteroatoms. The lowest BCUT2D eigenvalue weighted by molar-refractivity contribution is -0.139. The van der Waals surface area contributed by atoms with E-state index in [2.05, 4.69) is 0 Å². The molecule has 0 spiro atoms. The first-order valence-corrected chi connectivity index (χ1v) is 10.3. The van der Waals surface area contributed by atoms with Gasteiger partial charge in [-0.05, 0) is 36.5 Å². The Bertz CT molecular complexity index is 852. The van der Waals surface area contributed by atoms with E-state index >= 15 is 0 Å². The van der Waals surface area contributed by atoms with E-state index in [0.29, 0.717) is 18.0 Å². The highest BCUT2D eigenvalue weighted by Gasteiger charge is 2.34. The first kappa shape index (κ1) is 22.2. The van der Waals surface area contributed by atoms with Gasteiger partial charge in [-0.15, -0.1) is 6.42 Å². The number of nitrogens with zero attached hydrogens (tertiary/aromatic N) is 2. The van der Waals surface area contributed by atoms with E-state index in [1.165, 1.54) is 22.5 Å². The highest BCUT2D eigenvalue weighted by Crippen LogP contribution is 2.27. The molecular weight excluding hydrogens is 393 g/mol. The minimum absolute atomic E-state index is 0.118. The molecule has 0 saturated carbocycles. The second-order valence-corrected chi connectivity index (χ2v) is 9.21. The predicted octanol–water partition coefficient (Wildman–Crippen LogP) is 2.99. The van der Waals surface area contributed by atoms with Crippen LogP contribution in [0.1, 0.15) is 30.6 Å². The maximum Gasteiger partial charge on any atom is 0.406 e. The fourth-order valence-electron chi connectivity index (χ4n) is 3.45. The van der Waals surface area contributed by atoms with Crippen LogP contribution >= 0.6 is 0 Å². The third kappa shape index (κ3) is 5.49. The molecule has 1 aromatic rings. The number of sulfonamides is 1. The van der Waals surface area contributed by atoms with Gasteiger partial charge in [-0.25, -0.2) is 8.42 Å². The van der Waals surface area contributed by atoms with Gasteiger partial charge in [0.15, 0.2) is 0 Å². The van der Waals surface area contributed by atoms with Crippen molar-refractivity contribution in [2.45, 2.75) is 31.3 Å². The maximum atomic E-state index is 13.0. The van der Waals surface area contributed by atoms with Crippen LogP contribution in [0.4, 0.5) is 13.2 Å². The Morgan fingerprint density at radius 2 is 1.89 bits per heavy atom. The number of alkyl halides is 3. The molecule has 2 unspecified atom stereocenters. The van der Waals surface area contributed by atoms with E-state index in [9.17, 15) is 26.4 Å². The molecule has 1 aliphatic heterocycles. The zero-order valence-electron chi connectivity index (χ0n) is 15.7. The fourth-order valence-corrected chi connectivity index (χ4v) is 5.18. The third-order valence-corrected chi connectivity index (χ3v) is 6.32. The minimum Gasteiger partial charge on any atom is -0.318 e. The zero-order chi connectivity index (χ0) is 21.1. The van der Waals surface area contributed by atoms with Crippen molar-refractivity contribution in [2.24, 2.45) is 11.8 Å². The number of hydrogen-bond donors (Lipinski definition) is 0. The average molecular weight is 416 g/mol. The lowest BCUT2D eigenvalue weighted by Crippen LogP contribution is -2.42. The van der Waals surface area contributed by atoms with Gasteiger partial charge in [-0.1, -0.05) is 25.8 Å². The van der Waals surface area contributed by atoms with E-state index < -0.39 is 35.2 Å². The molecule has 1 amide bonds. The third-order valence-electron chi connectivity index (χ3n) is 4.49. The zero-order valence-corrected chi connectivity index (χ0v) is 16.6. The van der Waals surface area contributed by atoms with Crippen LogP contribution in [0.25, 0.3) is 0 Å². The number of amides is 1. The largest absolute Gasteiger partial charge is 0.406 e. The van der Waals surface area contributed by atoms with Crippen LogP contribution in [0.2, 0.25) is 0 Å². The summed E-state index contributed by atoms with van der Waals surface area (Å²) in [5.41, 5.74) is -0.154. The SMILES string of the molecule is C#CCN(CC(F)(F)F)C(=O)c1cccc(S(=O)(=O)N2CC(C)CC(C)C2)c1. The number of halogens is 3. The van der Waals surface area contributed by atoms with Crippen molar-refractivity contribution in [1.82, 2.24) is 9.21 Å². The number of rotatable bonds is 5. The van der Waals surface area contributed by atoms with Gasteiger partial charge < -0.3 is 4.90 Å². The number of terminal acetylenes is 1. The van der Waals surface area contributed by atoms with Crippen molar-refractivity contribution in [3.8, 4) is 12.3 Å². The summed E-state index contributed by atoms with van der Waals surface area (Å²) in [6, 6.07) is 5.08. The number of hydrogen-bond acceptors (Lipinski definition) is 3. The quantitative estimate of drug-likeness (QED) is 0.694. The van der Waals surface area contributed by atoms with E-state index in [1.807, 2.05) is 19.8 Å². The summed E-state index contributed by atoms with van der Waals surface area (Å²) in [5.74, 6) is 1.45. The van der Waals surface area contributed by atoms with Crippen LogP contribution in [0.3, 0.4) is 0 Å². The Kier molecular flexibility index (Phi) is 6.78. The number of carbonyl (C=O) groups excluding carboxylic acids is 1. The van der Waals surface area contributed by atoms with Crippen molar-refractivity contribution in [2.75, 3.05) is 26.2 Å². The van der Waals surface area contributed by atoms with Crippen LogP contribution in [0.15, 0.2) is 29.2 Å². The van der Waals surface area contributed by atoms with Gasteiger partial charge in [-0.2, -0.15) is 17.5 Å². The Balaban J connectivity index is 2.32. The van der Waals surface area contributed by atoms with Gasteiger partial charge in [0.05, 0.1) is 11.4 Å². The molecular formula is C19H23F3N2O3S. The number of benzene rings is 1. The fraction of sp³-hybridized carbons (Fsp3) is 0.526. The molecule has 2 rings (SSSR count). The number of carbonyl (C=O) groups is 1. The Morgan fingerprint density at radius 1 is 1.29 bits per heavy atom. The Labute approximate surface area is 163 Å². The monoisotopic (exact) mass is 416 g/mol. The van der Waals surface area contributed by atoms with E-state index in [-0.39, 0.29) is 22.3 Å². The van der Waals surface area contributed by atoms with Gasteiger partial charge in [0, 0.05) is 18.7 Å². The molecule has 1 saturated heterocycles. The molecule has 154 valence electrons. The van der Waals surface area contributed by atoms with Crippen molar-refractivity contribution >= 4 is 15.9 Å². The highest BCUT2D eigenvalue weighted by atomic mass is 32.2. The average Bonchev–Trinajstić information content (AvgIpc) is 2.59. The Hall–Kier alpha value is -2.05. The van der Waals surface area contributed by atoms with Crippen molar-refractivity contribution in [1.29, 1.82) is 0 Å². The lowest BCUT2D eigenvalue weighted by atomic mass is 9.94. The standard InChI is InChI=1S/C19H23F3N2O3S/c1-4-8-23(13-19(20,21)22)18(25)16-6-5-7-17(10-16)28(26,27)24-11-14(2)9-15(3)12-24/h1,5-7,10,14-15H,8-9,11-13H2,2-3H3. The summed E-state index contributed by atoms with van der Waals surface area (Å²) in [7, 11) is -3.86. The molecule has 1 heterocycles. The second-order valence-electron chi connectivity index (χ2n) is 7.28. The normalized spacial score (nSPS) is 21.1. The maximum absolute atomic E-state index is 13.0. The van der Waals surface area contributed by atoms with E-state index in [1.54, 1.807) is 0 Å². The molecule has 0 radical (unpaired) electrons. The molecule has 0 aromatic heterocycles. The minimum atomic E-state index is -4.61. The van der Waals surface area contributed by atoms with Crippen molar-refractivity contribution in [3.05, 3.63) is 29.8 Å². The summed E-state index contributed by atoms with van der Waals surface area (Å²) in [5, 5.41) is 0. The van der Waals surface area contributed by atoms with Gasteiger partial charge in [0.2, 0.25) is 10.0 Å². The second kappa shape index (κ2) is 8.53. The molecule has 1 aromatic carbocycles. The van der Waals surface area contributed by atoms with Crippen LogP contribution in [0.5, 0.6) is 0 Å². The molecule has 1 fully saturated rings. The summed E-state index contributed by atoms with van der Waals surface area (Å²) in [6.07, 6.45) is 1.38. The molecule has 1 aliphatic rings. The Morgan fingerprint density at radius 3 is 2.43 bits per heavy atom. The summed E-state index contributed by atoms with van der Waals surface area (Å²) < 4.78 is 65.5. The highest BCUT2D eigenvalue weighted by molar-refractivity contribution is 7.89. The molecule has 28 heavy (non-hydrogen) atoms. The van der Waals surface area contributed by atoms with Crippen LogP contribution < -0.4 is 0 Å². The van der Waals surface area contributed by atoms with Gasteiger partial charge >= 0.3 is 6.18 Å². The lowest BCUT2D eigenvalue weighted by Gasteiger charge is -2.34. The van der Waals surface area contributed by atoms with E-state index in [4.69, 9.17) is 6.42 Å². The van der Waals surface area contributed by atoms with Crippen molar-refractivity contribution in [3.63, 3.8) is 0 Å². The predicted molar refractivity (Wildman–Crippen MR) is 98.9 cm³/mol. The summed E-state index contributed by atoms with van der Waals surface area (Å²) in [6.45, 7) is 2.62. The smallest absolute Gasteiger partial charge is 0.318 e. The first-order valence-electron chi connectivity index (χ1n) is 8.83. The molecule has 0 bridgehead atoms. The van der Waals surface area contributed by atoms with Crippen molar-refractivity contribution < 1.29 is 26.4 Å². The topological polar surface area (TPSA) is 57.7 Å². The molecule has 0 N–H and O–H groups in total. The van der Waals surface area contributed by atoms with Crippen LogP contribution in [-0.2, 0) is 10.0 Å². The van der Waals surface area contributed by atoms with Gasteiger partial charge in [0.1, 0.15) is 6.54 Å². The molecule has 0 aliphatic carbocycles. The summed E-state index contributed by atoms with van der Waals surface area (Å²) in [4.78, 5) is 12.8. The van der Waals surface area contributed by atoms with Crippen LogP contribution in [-0.4, -0.2) is 55.9 Å². The molecule has 5 nitrogen and oxygen atoms in total.